The molecule has 0 unspecified atom stereocenters. The molecular formula is C24H27NO6. The first-order valence-corrected chi connectivity index (χ1v) is 10.3. The zero-order valence-electron chi connectivity index (χ0n) is 18.2. The lowest BCUT2D eigenvalue weighted by molar-refractivity contribution is -0.123. The summed E-state index contributed by atoms with van der Waals surface area (Å²) in [5.74, 6) is 1.49. The van der Waals surface area contributed by atoms with E-state index in [2.05, 4.69) is 5.32 Å². The molecule has 31 heavy (non-hydrogen) atoms. The normalized spacial score (nSPS) is 11.7. The molecule has 0 fully saturated rings. The quantitative estimate of drug-likeness (QED) is 0.518. The van der Waals surface area contributed by atoms with Gasteiger partial charge in [-0.1, -0.05) is 6.07 Å². The van der Waals surface area contributed by atoms with Crippen molar-refractivity contribution in [3.05, 3.63) is 64.0 Å². The fraction of sp³-hybridized carbons (Fsp3) is 0.333. The average molecular weight is 425 g/mol. The summed E-state index contributed by atoms with van der Waals surface area (Å²) in [6.45, 7) is 8.44. The van der Waals surface area contributed by atoms with Gasteiger partial charge in [-0.2, -0.15) is 0 Å². The minimum atomic E-state index is -0.421. The van der Waals surface area contributed by atoms with Crippen LogP contribution < -0.4 is 25.2 Å². The molecule has 1 N–H and O–H groups in total. The molecule has 0 bridgehead atoms. The number of aryl methyl sites for hydroxylation is 1. The molecule has 1 atom stereocenters. The first kappa shape index (κ1) is 22.2. The second-order valence-electron chi connectivity index (χ2n) is 7.06. The number of carbonyl (C=O) groups excluding carboxylic acids is 1. The van der Waals surface area contributed by atoms with Gasteiger partial charge in [0, 0.05) is 17.5 Å². The van der Waals surface area contributed by atoms with E-state index in [1.807, 2.05) is 45.9 Å². The minimum Gasteiger partial charge on any atom is -0.490 e. The maximum Gasteiger partial charge on any atom is 0.336 e. The lowest BCUT2D eigenvalue weighted by Crippen LogP contribution is -2.31. The van der Waals surface area contributed by atoms with Crippen molar-refractivity contribution in [2.24, 2.45) is 0 Å². The second kappa shape index (κ2) is 10.0. The third-order valence-electron chi connectivity index (χ3n) is 4.74. The van der Waals surface area contributed by atoms with Crippen molar-refractivity contribution < 1.29 is 23.4 Å². The first-order chi connectivity index (χ1) is 14.9. The Morgan fingerprint density at radius 1 is 1.00 bits per heavy atom. The predicted molar refractivity (Wildman–Crippen MR) is 118 cm³/mol. The van der Waals surface area contributed by atoms with Crippen LogP contribution in [-0.2, 0) is 4.79 Å². The summed E-state index contributed by atoms with van der Waals surface area (Å²) in [6.07, 6.45) is 0. The molecule has 0 aliphatic rings. The van der Waals surface area contributed by atoms with Crippen LogP contribution in [0.2, 0.25) is 0 Å². The van der Waals surface area contributed by atoms with E-state index in [9.17, 15) is 9.59 Å². The lowest BCUT2D eigenvalue weighted by Gasteiger charge is -2.17. The molecule has 3 rings (SSSR count). The molecular weight excluding hydrogens is 398 g/mol. The van der Waals surface area contributed by atoms with E-state index in [-0.39, 0.29) is 18.6 Å². The maximum absolute atomic E-state index is 12.4. The third-order valence-corrected chi connectivity index (χ3v) is 4.74. The van der Waals surface area contributed by atoms with Crippen molar-refractivity contribution in [1.82, 2.24) is 5.32 Å². The van der Waals surface area contributed by atoms with Crippen molar-refractivity contribution in [2.75, 3.05) is 19.8 Å². The summed E-state index contributed by atoms with van der Waals surface area (Å²) >= 11 is 0. The number of rotatable bonds is 9. The second-order valence-corrected chi connectivity index (χ2v) is 7.06. The predicted octanol–water partition coefficient (Wildman–Crippen LogP) is 4.16. The van der Waals surface area contributed by atoms with Gasteiger partial charge in [0.25, 0.3) is 5.91 Å². The number of fused-ring (bicyclic) bond motifs is 1. The summed E-state index contributed by atoms with van der Waals surface area (Å²) in [6, 6.07) is 12.0. The fourth-order valence-electron chi connectivity index (χ4n) is 3.25. The Morgan fingerprint density at radius 2 is 1.74 bits per heavy atom. The standard InChI is InChI=1S/C24H27NO6/c1-5-28-20-10-7-17(12-22(20)29-6-2)16(4)25-23(26)14-30-18-8-9-19-15(3)11-24(27)31-21(19)13-18/h7-13,16H,5-6,14H2,1-4H3,(H,25,26)/t16-/m1/s1. The number of hydrogen-bond donors (Lipinski definition) is 1. The van der Waals surface area contributed by atoms with Gasteiger partial charge in [0.1, 0.15) is 11.3 Å². The van der Waals surface area contributed by atoms with Gasteiger partial charge < -0.3 is 23.9 Å². The summed E-state index contributed by atoms with van der Waals surface area (Å²) in [5.41, 5.74) is 1.72. The Bertz CT molecular complexity index is 1120. The molecule has 3 aromatic rings. The molecule has 0 saturated heterocycles. The fourth-order valence-corrected chi connectivity index (χ4v) is 3.25. The van der Waals surface area contributed by atoms with Crippen molar-refractivity contribution in [3.63, 3.8) is 0 Å². The lowest BCUT2D eigenvalue weighted by atomic mass is 10.1. The van der Waals surface area contributed by atoms with Crippen LogP contribution in [0.25, 0.3) is 11.0 Å². The smallest absolute Gasteiger partial charge is 0.336 e. The van der Waals surface area contributed by atoms with Crippen LogP contribution in [0.15, 0.2) is 51.7 Å². The first-order valence-electron chi connectivity index (χ1n) is 10.3. The number of nitrogens with one attached hydrogen (secondary N) is 1. The van der Waals surface area contributed by atoms with E-state index in [4.69, 9.17) is 18.6 Å². The van der Waals surface area contributed by atoms with Gasteiger partial charge in [0.2, 0.25) is 0 Å². The Hall–Kier alpha value is -3.48. The molecule has 164 valence electrons. The van der Waals surface area contributed by atoms with Gasteiger partial charge in [0.05, 0.1) is 19.3 Å². The average Bonchev–Trinajstić information content (AvgIpc) is 2.73. The number of benzene rings is 2. The molecule has 0 spiro atoms. The van der Waals surface area contributed by atoms with Gasteiger partial charge in [-0.05, 0) is 63.1 Å². The van der Waals surface area contributed by atoms with Crippen LogP contribution in [-0.4, -0.2) is 25.7 Å². The number of amides is 1. The van der Waals surface area contributed by atoms with Gasteiger partial charge >= 0.3 is 5.63 Å². The van der Waals surface area contributed by atoms with E-state index in [1.165, 1.54) is 6.07 Å². The van der Waals surface area contributed by atoms with Gasteiger partial charge in [0.15, 0.2) is 18.1 Å². The van der Waals surface area contributed by atoms with Crippen LogP contribution in [0.3, 0.4) is 0 Å². The van der Waals surface area contributed by atoms with Crippen LogP contribution in [0.4, 0.5) is 0 Å². The SMILES string of the molecule is CCOc1ccc([C@@H](C)NC(=O)COc2ccc3c(C)cc(=O)oc3c2)cc1OCC. The highest BCUT2D eigenvalue weighted by atomic mass is 16.5. The maximum atomic E-state index is 12.4. The molecule has 7 nitrogen and oxygen atoms in total. The summed E-state index contributed by atoms with van der Waals surface area (Å²) < 4.78 is 22.0. The van der Waals surface area contributed by atoms with Crippen LogP contribution in [0, 0.1) is 6.92 Å². The molecule has 7 heteroatoms. The van der Waals surface area contributed by atoms with Gasteiger partial charge in [-0.15, -0.1) is 0 Å². The minimum absolute atomic E-state index is 0.165. The van der Waals surface area contributed by atoms with Gasteiger partial charge in [-0.25, -0.2) is 4.79 Å². The third kappa shape index (κ3) is 5.57. The monoisotopic (exact) mass is 425 g/mol. The molecule has 0 aliphatic heterocycles. The molecule has 1 amide bonds. The van der Waals surface area contributed by atoms with Crippen LogP contribution in [0.5, 0.6) is 17.2 Å². The highest BCUT2D eigenvalue weighted by Gasteiger charge is 2.14. The van der Waals surface area contributed by atoms with E-state index in [1.54, 1.807) is 18.2 Å². The van der Waals surface area contributed by atoms with E-state index in [0.717, 1.165) is 16.5 Å². The van der Waals surface area contributed by atoms with Crippen molar-refractivity contribution >= 4 is 16.9 Å². The number of ether oxygens (including phenoxy) is 3. The molecule has 1 aromatic heterocycles. The Balaban J connectivity index is 1.63. The Kier molecular flexibility index (Phi) is 7.18. The van der Waals surface area contributed by atoms with Crippen LogP contribution in [0.1, 0.15) is 37.9 Å². The van der Waals surface area contributed by atoms with Crippen molar-refractivity contribution in [1.29, 1.82) is 0 Å². The highest BCUT2D eigenvalue weighted by Crippen LogP contribution is 2.30. The zero-order valence-corrected chi connectivity index (χ0v) is 18.2. The highest BCUT2D eigenvalue weighted by molar-refractivity contribution is 5.82. The molecule has 2 aromatic carbocycles. The Morgan fingerprint density at radius 3 is 2.48 bits per heavy atom. The van der Waals surface area contributed by atoms with Crippen molar-refractivity contribution in [2.45, 2.75) is 33.7 Å². The van der Waals surface area contributed by atoms with E-state index in [0.29, 0.717) is 36.0 Å². The number of carbonyl (C=O) groups is 1. The number of hydrogen-bond acceptors (Lipinski definition) is 6. The van der Waals surface area contributed by atoms with Crippen LogP contribution >= 0.6 is 0 Å². The summed E-state index contributed by atoms with van der Waals surface area (Å²) in [4.78, 5) is 24.0. The summed E-state index contributed by atoms with van der Waals surface area (Å²) in [5, 5.41) is 3.73. The molecule has 1 heterocycles. The Labute approximate surface area is 180 Å². The topological polar surface area (TPSA) is 87.0 Å². The molecule has 0 radical (unpaired) electrons. The zero-order chi connectivity index (χ0) is 22.4. The van der Waals surface area contributed by atoms with Crippen molar-refractivity contribution in [3.8, 4) is 17.2 Å². The molecule has 0 saturated carbocycles. The molecule has 0 aliphatic carbocycles. The van der Waals surface area contributed by atoms with Gasteiger partial charge in [-0.3, -0.25) is 4.79 Å². The van der Waals surface area contributed by atoms with E-state index < -0.39 is 5.63 Å². The van der Waals surface area contributed by atoms with E-state index >= 15 is 0 Å². The largest absolute Gasteiger partial charge is 0.490 e. The summed E-state index contributed by atoms with van der Waals surface area (Å²) in [7, 11) is 0.